The number of hydrogen-bond acceptors (Lipinski definition) is 2. The molecule has 0 heterocycles. The van der Waals surface area contributed by atoms with Gasteiger partial charge in [-0.3, -0.25) is 0 Å². The zero-order valence-corrected chi connectivity index (χ0v) is 21.4. The van der Waals surface area contributed by atoms with E-state index in [0.29, 0.717) is 0 Å². The molecule has 0 aliphatic rings. The van der Waals surface area contributed by atoms with Crippen molar-refractivity contribution in [2.24, 2.45) is 0 Å². The molecule has 0 atom stereocenters. The molecule has 0 amide bonds. The molecule has 182 valence electrons. The Morgan fingerprint density at radius 2 is 0.737 bits per heavy atom. The molecule has 2 heteroatoms. The van der Waals surface area contributed by atoms with E-state index in [1.54, 1.807) is 0 Å². The summed E-state index contributed by atoms with van der Waals surface area (Å²) in [4.78, 5) is 0. The molecule has 0 fully saturated rings. The van der Waals surface area contributed by atoms with E-state index in [0.717, 1.165) is 66.1 Å². The Morgan fingerprint density at radius 3 is 1.18 bits per heavy atom. The van der Waals surface area contributed by atoms with E-state index in [2.05, 4.69) is 123 Å². The highest BCUT2D eigenvalue weighted by atomic mass is 16.5. The monoisotopic (exact) mass is 490 g/mol. The van der Waals surface area contributed by atoms with Crippen LogP contribution >= 0.6 is 0 Å². The summed E-state index contributed by atoms with van der Waals surface area (Å²) in [5.74, 6) is 3.38. The summed E-state index contributed by atoms with van der Waals surface area (Å²) in [6.45, 7) is 4.30. The maximum absolute atomic E-state index is 6.83. The molecule has 0 saturated heterocycles. The van der Waals surface area contributed by atoms with Crippen molar-refractivity contribution in [1.29, 1.82) is 0 Å². The van der Waals surface area contributed by atoms with Crippen molar-refractivity contribution < 1.29 is 9.47 Å². The van der Waals surface area contributed by atoms with Gasteiger partial charge in [-0.15, -0.1) is 0 Å². The molecule has 0 saturated carbocycles. The quantitative estimate of drug-likeness (QED) is 0.228. The second-order valence-electron chi connectivity index (χ2n) is 9.84. The normalized spacial score (nSPS) is 11.4. The van der Waals surface area contributed by atoms with Gasteiger partial charge in [0, 0.05) is 32.3 Å². The molecular formula is C36H26O2. The van der Waals surface area contributed by atoms with E-state index >= 15 is 0 Å². The van der Waals surface area contributed by atoms with E-state index < -0.39 is 0 Å². The van der Waals surface area contributed by atoms with Crippen molar-refractivity contribution in [2.45, 2.75) is 13.8 Å². The summed E-state index contributed by atoms with van der Waals surface area (Å²) in [7, 11) is 0. The van der Waals surface area contributed by atoms with Crippen LogP contribution in [0, 0.1) is 13.8 Å². The second kappa shape index (κ2) is 8.93. The van der Waals surface area contributed by atoms with Crippen LogP contribution in [0.3, 0.4) is 0 Å². The van der Waals surface area contributed by atoms with Crippen LogP contribution in [0.5, 0.6) is 23.0 Å². The van der Waals surface area contributed by atoms with Gasteiger partial charge in [-0.05, 0) is 60.0 Å². The number of fused-ring (bicyclic) bond motifs is 4. The Hall–Kier alpha value is -4.82. The fourth-order valence-electron chi connectivity index (χ4n) is 5.37. The third-order valence-corrected chi connectivity index (χ3v) is 7.46. The Morgan fingerprint density at radius 1 is 0.368 bits per heavy atom. The first-order valence-corrected chi connectivity index (χ1v) is 12.9. The van der Waals surface area contributed by atoms with Crippen LogP contribution in [-0.4, -0.2) is 0 Å². The largest absolute Gasteiger partial charge is 0.455 e. The van der Waals surface area contributed by atoms with E-state index in [-0.39, 0.29) is 0 Å². The summed E-state index contributed by atoms with van der Waals surface area (Å²) in [5.41, 5.74) is 2.43. The SMILES string of the molecule is Cc1cc2c(Oc3cccc4ccccc34)c3ccccc3c(Oc3cccc4ccccc34)c2cc1C. The van der Waals surface area contributed by atoms with Gasteiger partial charge in [-0.25, -0.2) is 0 Å². The first kappa shape index (κ1) is 22.4. The van der Waals surface area contributed by atoms with Gasteiger partial charge in [-0.1, -0.05) is 97.1 Å². The number of hydrogen-bond donors (Lipinski definition) is 0. The van der Waals surface area contributed by atoms with Crippen LogP contribution < -0.4 is 9.47 Å². The molecule has 7 aromatic rings. The average Bonchev–Trinajstić information content (AvgIpc) is 2.96. The average molecular weight is 491 g/mol. The van der Waals surface area contributed by atoms with Crippen molar-refractivity contribution >= 4 is 43.1 Å². The molecule has 0 bridgehead atoms. The predicted octanol–water partition coefficient (Wildman–Crippen LogP) is 10.5. The van der Waals surface area contributed by atoms with Crippen LogP contribution in [0.1, 0.15) is 11.1 Å². The molecule has 0 aliphatic heterocycles. The highest BCUT2D eigenvalue weighted by molar-refractivity contribution is 6.12. The Kier molecular flexibility index (Phi) is 5.26. The fourth-order valence-corrected chi connectivity index (χ4v) is 5.37. The van der Waals surface area contributed by atoms with Crippen molar-refractivity contribution in [3.63, 3.8) is 0 Å². The highest BCUT2D eigenvalue weighted by Gasteiger charge is 2.19. The summed E-state index contributed by atoms with van der Waals surface area (Å²) in [5, 5.41) is 8.60. The lowest BCUT2D eigenvalue weighted by Crippen LogP contribution is -1.95. The van der Waals surface area contributed by atoms with Crippen molar-refractivity contribution in [3.8, 4) is 23.0 Å². The third-order valence-electron chi connectivity index (χ3n) is 7.46. The minimum Gasteiger partial charge on any atom is -0.455 e. The topological polar surface area (TPSA) is 18.5 Å². The van der Waals surface area contributed by atoms with Gasteiger partial charge < -0.3 is 9.47 Å². The van der Waals surface area contributed by atoms with Gasteiger partial charge in [0.25, 0.3) is 0 Å². The van der Waals surface area contributed by atoms with Crippen molar-refractivity contribution in [3.05, 3.63) is 132 Å². The number of rotatable bonds is 4. The van der Waals surface area contributed by atoms with Gasteiger partial charge in [0.15, 0.2) is 0 Å². The summed E-state index contributed by atoms with van der Waals surface area (Å²) >= 11 is 0. The standard InChI is InChI=1S/C36H26O2/c1-23-21-31-32(22-24(23)2)36(38-34-20-10-14-26-12-4-6-16-28(26)34)30-18-8-7-17-29(30)35(31)37-33-19-9-13-25-11-3-5-15-27(25)33/h3-22H,1-2H3. The zero-order valence-electron chi connectivity index (χ0n) is 21.4. The second-order valence-corrected chi connectivity index (χ2v) is 9.84. The number of benzene rings is 7. The third kappa shape index (κ3) is 3.65. The van der Waals surface area contributed by atoms with E-state index in [1.165, 1.54) is 11.1 Å². The Labute approximate surface area is 221 Å². The van der Waals surface area contributed by atoms with Gasteiger partial charge >= 0.3 is 0 Å². The van der Waals surface area contributed by atoms with Gasteiger partial charge in [0.05, 0.1) is 0 Å². The molecule has 0 unspecified atom stereocenters. The maximum atomic E-state index is 6.83. The molecule has 38 heavy (non-hydrogen) atoms. The Balaban J connectivity index is 1.52. The molecule has 2 nitrogen and oxygen atoms in total. The first-order chi connectivity index (χ1) is 18.7. The lowest BCUT2D eigenvalue weighted by molar-refractivity contribution is 0.491. The van der Waals surface area contributed by atoms with Crippen LogP contribution in [0.25, 0.3) is 43.1 Å². The van der Waals surface area contributed by atoms with Gasteiger partial charge in [0.1, 0.15) is 23.0 Å². The zero-order chi connectivity index (χ0) is 25.6. The molecule has 0 aliphatic carbocycles. The van der Waals surface area contributed by atoms with Gasteiger partial charge in [0.2, 0.25) is 0 Å². The van der Waals surface area contributed by atoms with E-state index in [9.17, 15) is 0 Å². The molecule has 0 aromatic heterocycles. The first-order valence-electron chi connectivity index (χ1n) is 12.9. The number of aryl methyl sites for hydroxylation is 2. The summed E-state index contributed by atoms with van der Waals surface area (Å²) in [6, 6.07) is 42.0. The lowest BCUT2D eigenvalue weighted by Gasteiger charge is -2.20. The molecule has 7 rings (SSSR count). The Bertz CT molecular complexity index is 1850. The summed E-state index contributed by atoms with van der Waals surface area (Å²) < 4.78 is 13.7. The molecule has 0 spiro atoms. The van der Waals surface area contributed by atoms with Crippen LogP contribution in [-0.2, 0) is 0 Å². The summed E-state index contributed by atoms with van der Waals surface area (Å²) in [6.07, 6.45) is 0. The van der Waals surface area contributed by atoms with Gasteiger partial charge in [-0.2, -0.15) is 0 Å². The lowest BCUT2D eigenvalue weighted by atomic mass is 9.96. The smallest absolute Gasteiger partial charge is 0.143 e. The maximum Gasteiger partial charge on any atom is 0.143 e. The molecule has 7 aromatic carbocycles. The van der Waals surface area contributed by atoms with Crippen LogP contribution in [0.2, 0.25) is 0 Å². The molecule has 0 radical (unpaired) electrons. The van der Waals surface area contributed by atoms with Crippen molar-refractivity contribution in [1.82, 2.24) is 0 Å². The minimum absolute atomic E-state index is 0.843. The molecular weight excluding hydrogens is 464 g/mol. The van der Waals surface area contributed by atoms with Crippen LogP contribution in [0.4, 0.5) is 0 Å². The highest BCUT2D eigenvalue weighted by Crippen LogP contribution is 2.47. The van der Waals surface area contributed by atoms with Crippen LogP contribution in [0.15, 0.2) is 121 Å². The molecule has 0 N–H and O–H groups in total. The predicted molar refractivity (Wildman–Crippen MR) is 159 cm³/mol. The van der Waals surface area contributed by atoms with Crippen molar-refractivity contribution in [2.75, 3.05) is 0 Å². The minimum atomic E-state index is 0.843. The van der Waals surface area contributed by atoms with E-state index in [4.69, 9.17) is 9.47 Å². The van der Waals surface area contributed by atoms with E-state index in [1.807, 2.05) is 12.1 Å². The number of ether oxygens (including phenoxy) is 2. The fraction of sp³-hybridized carbons (Fsp3) is 0.0556.